The number of benzene rings is 1. The number of rotatable bonds is 3. The monoisotopic (exact) mass is 259 g/mol. The Kier molecular flexibility index (Phi) is 3.59. The largest absolute Gasteiger partial charge is 0.326 e. The number of anilines is 1. The van der Waals surface area contributed by atoms with Crippen LogP contribution in [0.2, 0.25) is 0 Å². The summed E-state index contributed by atoms with van der Waals surface area (Å²) in [4.78, 5) is 11.8. The topological polar surface area (TPSA) is 83.6 Å². The summed E-state index contributed by atoms with van der Waals surface area (Å²) < 4.78 is 0. The SMILES string of the molecule is CC(C)(C)CC(=O)Nc1ccc(-c2nn[nH]n2)cc1. The molecule has 1 aromatic heterocycles. The molecule has 2 rings (SSSR count). The number of carbonyl (C=O) groups excluding carboxylic acids is 1. The zero-order chi connectivity index (χ0) is 13.9. The van der Waals surface area contributed by atoms with Crippen LogP contribution in [0.1, 0.15) is 27.2 Å². The summed E-state index contributed by atoms with van der Waals surface area (Å²) in [5.74, 6) is 0.548. The van der Waals surface area contributed by atoms with E-state index < -0.39 is 0 Å². The van der Waals surface area contributed by atoms with Crippen LogP contribution in [-0.4, -0.2) is 26.5 Å². The third kappa shape index (κ3) is 3.87. The number of aromatic amines is 1. The Morgan fingerprint density at radius 3 is 2.47 bits per heavy atom. The third-order valence-corrected chi connectivity index (χ3v) is 2.46. The number of carbonyl (C=O) groups is 1. The highest BCUT2D eigenvalue weighted by Crippen LogP contribution is 2.21. The highest BCUT2D eigenvalue weighted by molar-refractivity contribution is 5.91. The lowest BCUT2D eigenvalue weighted by Crippen LogP contribution is -2.19. The van der Waals surface area contributed by atoms with Crippen molar-refractivity contribution >= 4 is 11.6 Å². The van der Waals surface area contributed by atoms with Gasteiger partial charge in [0.2, 0.25) is 11.7 Å². The van der Waals surface area contributed by atoms with Crippen LogP contribution >= 0.6 is 0 Å². The van der Waals surface area contributed by atoms with Crippen LogP contribution in [0.15, 0.2) is 24.3 Å². The first-order valence-corrected chi connectivity index (χ1v) is 6.08. The molecule has 0 atom stereocenters. The van der Waals surface area contributed by atoms with E-state index in [4.69, 9.17) is 0 Å². The molecule has 6 heteroatoms. The Morgan fingerprint density at radius 1 is 1.26 bits per heavy atom. The number of amides is 1. The molecule has 0 fully saturated rings. The predicted molar refractivity (Wildman–Crippen MR) is 72.3 cm³/mol. The van der Waals surface area contributed by atoms with Gasteiger partial charge in [-0.3, -0.25) is 4.79 Å². The van der Waals surface area contributed by atoms with Crippen LogP contribution in [0, 0.1) is 5.41 Å². The summed E-state index contributed by atoms with van der Waals surface area (Å²) in [5, 5.41) is 16.6. The van der Waals surface area contributed by atoms with E-state index in [0.717, 1.165) is 11.3 Å². The van der Waals surface area contributed by atoms with Gasteiger partial charge in [-0.15, -0.1) is 10.2 Å². The fraction of sp³-hybridized carbons (Fsp3) is 0.385. The van der Waals surface area contributed by atoms with Crippen LogP contribution in [0.25, 0.3) is 11.4 Å². The maximum Gasteiger partial charge on any atom is 0.224 e. The van der Waals surface area contributed by atoms with Crippen molar-refractivity contribution in [1.29, 1.82) is 0 Å². The van der Waals surface area contributed by atoms with Gasteiger partial charge in [0.1, 0.15) is 0 Å². The molecule has 0 radical (unpaired) electrons. The summed E-state index contributed by atoms with van der Waals surface area (Å²) >= 11 is 0. The van der Waals surface area contributed by atoms with E-state index in [1.807, 2.05) is 45.0 Å². The molecule has 0 aliphatic carbocycles. The van der Waals surface area contributed by atoms with E-state index in [9.17, 15) is 4.79 Å². The minimum Gasteiger partial charge on any atom is -0.326 e. The average molecular weight is 259 g/mol. The molecule has 0 spiro atoms. The van der Waals surface area contributed by atoms with Crippen molar-refractivity contribution in [3.8, 4) is 11.4 Å². The number of aromatic nitrogens is 4. The smallest absolute Gasteiger partial charge is 0.224 e. The Labute approximate surface area is 111 Å². The van der Waals surface area contributed by atoms with Crippen LogP contribution in [0.3, 0.4) is 0 Å². The van der Waals surface area contributed by atoms with Gasteiger partial charge in [-0.05, 0) is 34.9 Å². The minimum absolute atomic E-state index is 0.0137. The third-order valence-electron chi connectivity index (χ3n) is 2.46. The highest BCUT2D eigenvalue weighted by atomic mass is 16.1. The summed E-state index contributed by atoms with van der Waals surface area (Å²) in [7, 11) is 0. The lowest BCUT2D eigenvalue weighted by molar-refractivity contribution is -0.117. The molecule has 6 nitrogen and oxygen atoms in total. The lowest BCUT2D eigenvalue weighted by Gasteiger charge is -2.17. The second kappa shape index (κ2) is 5.17. The van der Waals surface area contributed by atoms with E-state index in [-0.39, 0.29) is 11.3 Å². The fourth-order valence-corrected chi connectivity index (χ4v) is 1.67. The van der Waals surface area contributed by atoms with Crippen molar-refractivity contribution in [2.24, 2.45) is 5.41 Å². The van der Waals surface area contributed by atoms with Gasteiger partial charge in [-0.25, -0.2) is 0 Å². The Hall–Kier alpha value is -2.24. The number of tetrazole rings is 1. The number of nitrogens with one attached hydrogen (secondary N) is 2. The molecule has 2 aromatic rings. The Balaban J connectivity index is 2.01. The number of nitrogens with zero attached hydrogens (tertiary/aromatic N) is 3. The van der Waals surface area contributed by atoms with Gasteiger partial charge in [0.15, 0.2) is 0 Å². The van der Waals surface area contributed by atoms with Crippen molar-refractivity contribution in [2.45, 2.75) is 27.2 Å². The molecule has 1 heterocycles. The van der Waals surface area contributed by atoms with Crippen LogP contribution in [0.5, 0.6) is 0 Å². The minimum atomic E-state index is -0.0192. The molecular formula is C13H17N5O. The highest BCUT2D eigenvalue weighted by Gasteiger charge is 2.15. The standard InChI is InChI=1S/C13H17N5O/c1-13(2,3)8-11(19)14-10-6-4-9(5-7-10)12-15-17-18-16-12/h4-7H,8H2,1-3H3,(H,14,19)(H,15,16,17,18). The van der Waals surface area contributed by atoms with Gasteiger partial charge in [0, 0.05) is 17.7 Å². The Morgan fingerprint density at radius 2 is 1.95 bits per heavy atom. The van der Waals surface area contributed by atoms with Crippen molar-refractivity contribution in [3.63, 3.8) is 0 Å². The van der Waals surface area contributed by atoms with Crippen LogP contribution in [0.4, 0.5) is 5.69 Å². The molecule has 0 saturated carbocycles. The molecule has 0 unspecified atom stereocenters. The van der Waals surface area contributed by atoms with Crippen LogP contribution < -0.4 is 5.32 Å². The van der Waals surface area contributed by atoms with E-state index >= 15 is 0 Å². The first-order chi connectivity index (χ1) is 8.94. The van der Waals surface area contributed by atoms with E-state index in [0.29, 0.717) is 12.2 Å². The number of H-pyrrole nitrogens is 1. The molecule has 0 aliphatic rings. The van der Waals surface area contributed by atoms with Crippen molar-refractivity contribution in [3.05, 3.63) is 24.3 Å². The second-order valence-electron chi connectivity index (χ2n) is 5.60. The molecule has 0 aliphatic heterocycles. The van der Waals surface area contributed by atoms with Gasteiger partial charge in [0.25, 0.3) is 0 Å². The molecule has 1 aromatic carbocycles. The normalized spacial score (nSPS) is 11.3. The van der Waals surface area contributed by atoms with E-state index in [2.05, 4.69) is 25.9 Å². The molecule has 1 amide bonds. The molecule has 2 N–H and O–H groups in total. The fourth-order valence-electron chi connectivity index (χ4n) is 1.67. The van der Waals surface area contributed by atoms with Gasteiger partial charge in [-0.2, -0.15) is 5.21 Å². The maximum atomic E-state index is 11.8. The molecule has 100 valence electrons. The zero-order valence-electron chi connectivity index (χ0n) is 11.3. The van der Waals surface area contributed by atoms with Gasteiger partial charge >= 0.3 is 0 Å². The quantitative estimate of drug-likeness (QED) is 0.885. The van der Waals surface area contributed by atoms with E-state index in [1.54, 1.807) is 0 Å². The Bertz CT molecular complexity index is 539. The first-order valence-electron chi connectivity index (χ1n) is 6.08. The molecule has 0 saturated heterocycles. The summed E-state index contributed by atoms with van der Waals surface area (Å²) in [6, 6.07) is 7.34. The van der Waals surface area contributed by atoms with Gasteiger partial charge < -0.3 is 5.32 Å². The summed E-state index contributed by atoms with van der Waals surface area (Å²) in [6.45, 7) is 6.10. The van der Waals surface area contributed by atoms with E-state index in [1.165, 1.54) is 0 Å². The van der Waals surface area contributed by atoms with Crippen molar-refractivity contribution < 1.29 is 4.79 Å². The molecular weight excluding hydrogens is 242 g/mol. The zero-order valence-corrected chi connectivity index (χ0v) is 11.3. The van der Waals surface area contributed by atoms with Gasteiger partial charge in [-0.1, -0.05) is 20.8 Å². The van der Waals surface area contributed by atoms with Crippen molar-refractivity contribution in [2.75, 3.05) is 5.32 Å². The van der Waals surface area contributed by atoms with Gasteiger partial charge in [0.05, 0.1) is 0 Å². The van der Waals surface area contributed by atoms with Crippen molar-refractivity contribution in [1.82, 2.24) is 20.6 Å². The maximum absolute atomic E-state index is 11.8. The number of hydrogen-bond acceptors (Lipinski definition) is 4. The lowest BCUT2D eigenvalue weighted by atomic mass is 9.92. The first kappa shape index (κ1) is 13.2. The number of hydrogen-bond donors (Lipinski definition) is 2. The summed E-state index contributed by atoms with van der Waals surface area (Å²) in [6.07, 6.45) is 0.486. The molecule has 19 heavy (non-hydrogen) atoms. The summed E-state index contributed by atoms with van der Waals surface area (Å²) in [5.41, 5.74) is 1.60. The van der Waals surface area contributed by atoms with Crippen LogP contribution in [-0.2, 0) is 4.79 Å². The average Bonchev–Trinajstić information content (AvgIpc) is 2.80. The second-order valence-corrected chi connectivity index (χ2v) is 5.60. The predicted octanol–water partition coefficient (Wildman–Crippen LogP) is 2.24. The molecule has 0 bridgehead atoms.